The number of guanidine groups is 1. The van der Waals surface area contributed by atoms with Gasteiger partial charge in [-0.15, -0.1) is 0 Å². The first-order chi connectivity index (χ1) is 15.1. The molecule has 0 saturated carbocycles. The Hall–Kier alpha value is -3.54. The predicted octanol–water partition coefficient (Wildman–Crippen LogP) is 3.94. The van der Waals surface area contributed by atoms with Gasteiger partial charge in [0, 0.05) is 56.2 Å². The fourth-order valence-corrected chi connectivity index (χ4v) is 3.83. The third-order valence-electron chi connectivity index (χ3n) is 5.56. The SMILES string of the molecule is CN=C(NCCc1c[nH]c2cc(C)ccc12)NCc1cccc(Cn2ccnc2C)c1. The van der Waals surface area contributed by atoms with E-state index in [1.165, 1.54) is 33.2 Å². The van der Waals surface area contributed by atoms with Crippen molar-refractivity contribution in [3.8, 4) is 0 Å². The highest BCUT2D eigenvalue weighted by Gasteiger charge is 2.05. The van der Waals surface area contributed by atoms with Crippen molar-refractivity contribution in [2.24, 2.45) is 4.99 Å². The molecule has 2 aromatic heterocycles. The number of aryl methyl sites for hydroxylation is 2. The molecule has 0 aliphatic carbocycles. The number of hydrogen-bond donors (Lipinski definition) is 3. The zero-order valence-corrected chi connectivity index (χ0v) is 18.4. The predicted molar refractivity (Wildman–Crippen MR) is 127 cm³/mol. The van der Waals surface area contributed by atoms with E-state index in [4.69, 9.17) is 0 Å². The summed E-state index contributed by atoms with van der Waals surface area (Å²) < 4.78 is 2.15. The molecule has 4 rings (SSSR count). The maximum absolute atomic E-state index is 4.36. The number of hydrogen-bond acceptors (Lipinski definition) is 2. The zero-order valence-electron chi connectivity index (χ0n) is 18.4. The standard InChI is InChI=1S/C25H30N6/c1-18-7-8-23-22(16-29-24(23)13-18)9-10-28-25(26-3)30-15-20-5-4-6-21(14-20)17-31-12-11-27-19(31)2/h4-8,11-14,16,29H,9-10,15,17H2,1-3H3,(H2,26,28,30). The van der Waals surface area contributed by atoms with E-state index in [0.717, 1.165) is 37.8 Å². The van der Waals surface area contributed by atoms with Crippen molar-refractivity contribution in [3.63, 3.8) is 0 Å². The van der Waals surface area contributed by atoms with E-state index in [9.17, 15) is 0 Å². The van der Waals surface area contributed by atoms with E-state index in [2.05, 4.69) is 85.7 Å². The Morgan fingerprint density at radius 2 is 1.97 bits per heavy atom. The molecular formula is C25H30N6. The van der Waals surface area contributed by atoms with Gasteiger partial charge in [0.1, 0.15) is 5.82 Å². The van der Waals surface area contributed by atoms with Crippen molar-refractivity contribution >= 4 is 16.9 Å². The summed E-state index contributed by atoms with van der Waals surface area (Å²) in [5.74, 6) is 1.84. The van der Waals surface area contributed by atoms with Crippen LogP contribution in [0, 0.1) is 13.8 Å². The second-order valence-corrected chi connectivity index (χ2v) is 7.89. The molecule has 2 heterocycles. The van der Waals surface area contributed by atoms with Crippen molar-refractivity contribution in [2.45, 2.75) is 33.4 Å². The van der Waals surface area contributed by atoms with Gasteiger partial charge >= 0.3 is 0 Å². The number of rotatable bonds is 7. The minimum Gasteiger partial charge on any atom is -0.361 e. The van der Waals surface area contributed by atoms with E-state index in [1.807, 2.05) is 26.4 Å². The minimum atomic E-state index is 0.725. The Morgan fingerprint density at radius 1 is 1.10 bits per heavy atom. The van der Waals surface area contributed by atoms with Gasteiger partial charge in [-0.3, -0.25) is 4.99 Å². The fraction of sp³-hybridized carbons (Fsp3) is 0.280. The fourth-order valence-electron chi connectivity index (χ4n) is 3.83. The number of aliphatic imine (C=N–C) groups is 1. The van der Waals surface area contributed by atoms with Crippen LogP contribution >= 0.6 is 0 Å². The van der Waals surface area contributed by atoms with Gasteiger partial charge in [0.25, 0.3) is 0 Å². The van der Waals surface area contributed by atoms with Crippen LogP contribution in [0.25, 0.3) is 10.9 Å². The van der Waals surface area contributed by atoms with Gasteiger partial charge in [-0.25, -0.2) is 4.98 Å². The molecule has 0 unspecified atom stereocenters. The molecular weight excluding hydrogens is 384 g/mol. The average Bonchev–Trinajstić information content (AvgIpc) is 3.36. The molecule has 0 aliphatic rings. The van der Waals surface area contributed by atoms with E-state index in [-0.39, 0.29) is 0 Å². The quantitative estimate of drug-likeness (QED) is 0.317. The summed E-state index contributed by atoms with van der Waals surface area (Å²) in [6.45, 7) is 6.52. The van der Waals surface area contributed by atoms with Crippen LogP contribution in [0.3, 0.4) is 0 Å². The maximum Gasteiger partial charge on any atom is 0.191 e. The molecule has 0 amide bonds. The highest BCUT2D eigenvalue weighted by molar-refractivity contribution is 5.84. The number of aromatic nitrogens is 3. The lowest BCUT2D eigenvalue weighted by molar-refractivity contribution is 0.757. The highest BCUT2D eigenvalue weighted by atomic mass is 15.2. The Kier molecular flexibility index (Phi) is 6.36. The second-order valence-electron chi connectivity index (χ2n) is 7.89. The van der Waals surface area contributed by atoms with E-state index in [0.29, 0.717) is 0 Å². The molecule has 0 atom stereocenters. The van der Waals surface area contributed by atoms with Crippen molar-refractivity contribution in [3.05, 3.63) is 89.1 Å². The number of fused-ring (bicyclic) bond motifs is 1. The lowest BCUT2D eigenvalue weighted by Gasteiger charge is -2.13. The normalized spacial score (nSPS) is 11.8. The largest absolute Gasteiger partial charge is 0.361 e. The van der Waals surface area contributed by atoms with Gasteiger partial charge < -0.3 is 20.2 Å². The van der Waals surface area contributed by atoms with Gasteiger partial charge in [0.15, 0.2) is 5.96 Å². The molecule has 3 N–H and O–H groups in total. The lowest BCUT2D eigenvalue weighted by Crippen LogP contribution is -2.37. The van der Waals surface area contributed by atoms with Crippen molar-refractivity contribution < 1.29 is 0 Å². The van der Waals surface area contributed by atoms with E-state index >= 15 is 0 Å². The molecule has 0 radical (unpaired) electrons. The monoisotopic (exact) mass is 414 g/mol. The Labute approximate surface area is 183 Å². The van der Waals surface area contributed by atoms with Gasteiger partial charge in [-0.2, -0.15) is 0 Å². The number of imidazole rings is 1. The summed E-state index contributed by atoms with van der Waals surface area (Å²) in [6, 6.07) is 15.2. The van der Waals surface area contributed by atoms with Crippen molar-refractivity contribution in [1.29, 1.82) is 0 Å². The summed E-state index contributed by atoms with van der Waals surface area (Å²) >= 11 is 0. The third-order valence-corrected chi connectivity index (χ3v) is 5.56. The maximum atomic E-state index is 4.36. The minimum absolute atomic E-state index is 0.725. The second kappa shape index (κ2) is 9.51. The smallest absolute Gasteiger partial charge is 0.191 e. The number of nitrogens with one attached hydrogen (secondary N) is 3. The topological polar surface area (TPSA) is 70.0 Å². The summed E-state index contributed by atoms with van der Waals surface area (Å²) in [6.07, 6.45) is 6.90. The summed E-state index contributed by atoms with van der Waals surface area (Å²) in [7, 11) is 1.81. The van der Waals surface area contributed by atoms with E-state index in [1.54, 1.807) is 0 Å². The molecule has 0 aliphatic heterocycles. The van der Waals surface area contributed by atoms with Crippen LogP contribution < -0.4 is 10.6 Å². The lowest BCUT2D eigenvalue weighted by atomic mass is 10.1. The van der Waals surface area contributed by atoms with Gasteiger partial charge in [0.2, 0.25) is 0 Å². The van der Waals surface area contributed by atoms with Gasteiger partial charge in [-0.05, 0) is 48.6 Å². The molecule has 4 aromatic rings. The molecule has 0 saturated heterocycles. The number of aromatic amines is 1. The molecule has 31 heavy (non-hydrogen) atoms. The third kappa shape index (κ3) is 5.15. The molecule has 160 valence electrons. The first-order valence-corrected chi connectivity index (χ1v) is 10.7. The van der Waals surface area contributed by atoms with Gasteiger partial charge in [-0.1, -0.05) is 36.4 Å². The van der Waals surface area contributed by atoms with Crippen LogP contribution in [0.15, 0.2) is 66.0 Å². The van der Waals surface area contributed by atoms with Gasteiger partial charge in [0.05, 0.1) is 0 Å². The summed E-state index contributed by atoms with van der Waals surface area (Å²) in [5, 5.41) is 8.14. The first kappa shape index (κ1) is 20.7. The highest BCUT2D eigenvalue weighted by Crippen LogP contribution is 2.19. The van der Waals surface area contributed by atoms with E-state index < -0.39 is 0 Å². The molecule has 2 aromatic carbocycles. The van der Waals surface area contributed by atoms with Crippen molar-refractivity contribution in [2.75, 3.05) is 13.6 Å². The zero-order chi connectivity index (χ0) is 21.6. The van der Waals surface area contributed by atoms with Crippen LogP contribution in [-0.4, -0.2) is 34.1 Å². The first-order valence-electron chi connectivity index (χ1n) is 10.7. The Balaban J connectivity index is 1.29. The van der Waals surface area contributed by atoms with Crippen LogP contribution in [-0.2, 0) is 19.5 Å². The van der Waals surface area contributed by atoms with Crippen LogP contribution in [0.5, 0.6) is 0 Å². The number of H-pyrrole nitrogens is 1. The summed E-state index contributed by atoms with van der Waals surface area (Å²) in [4.78, 5) is 12.0. The summed E-state index contributed by atoms with van der Waals surface area (Å²) in [5.41, 5.74) is 6.28. The molecule has 0 fully saturated rings. The van der Waals surface area contributed by atoms with Crippen LogP contribution in [0.4, 0.5) is 0 Å². The molecule has 6 nitrogen and oxygen atoms in total. The Morgan fingerprint density at radius 3 is 2.77 bits per heavy atom. The Bertz CT molecular complexity index is 1180. The molecule has 0 spiro atoms. The molecule has 0 bridgehead atoms. The molecule has 6 heteroatoms. The van der Waals surface area contributed by atoms with Crippen molar-refractivity contribution in [1.82, 2.24) is 25.2 Å². The van der Waals surface area contributed by atoms with Crippen LogP contribution in [0.2, 0.25) is 0 Å². The number of nitrogens with zero attached hydrogens (tertiary/aromatic N) is 3. The van der Waals surface area contributed by atoms with Crippen LogP contribution in [0.1, 0.15) is 28.1 Å². The average molecular weight is 415 g/mol. The number of benzene rings is 2.